The molecule has 0 saturated carbocycles. The van der Waals surface area contributed by atoms with Gasteiger partial charge in [0, 0.05) is 5.02 Å². The Hall–Kier alpha value is -0.730. The number of halogens is 1. The number of benzene rings is 1. The molecule has 1 heterocycles. The molecule has 0 N–H and O–H groups in total. The van der Waals surface area contributed by atoms with Gasteiger partial charge < -0.3 is 9.47 Å². The third-order valence-electron chi connectivity index (χ3n) is 2.86. The number of ether oxygens (including phenoxy) is 2. The summed E-state index contributed by atoms with van der Waals surface area (Å²) < 4.78 is 11.0. The van der Waals surface area contributed by atoms with Crippen LogP contribution >= 0.6 is 11.6 Å². The van der Waals surface area contributed by atoms with E-state index in [2.05, 4.69) is 6.92 Å². The highest BCUT2D eigenvalue weighted by molar-refractivity contribution is 6.30. The quantitative estimate of drug-likeness (QED) is 0.736. The van der Waals surface area contributed by atoms with E-state index in [1.807, 2.05) is 25.1 Å². The highest BCUT2D eigenvalue weighted by Crippen LogP contribution is 2.29. The minimum atomic E-state index is 0.424. The lowest BCUT2D eigenvalue weighted by Gasteiger charge is -2.09. The van der Waals surface area contributed by atoms with Crippen molar-refractivity contribution >= 4 is 11.6 Å². The highest BCUT2D eigenvalue weighted by atomic mass is 35.5. The summed E-state index contributed by atoms with van der Waals surface area (Å²) in [6.07, 6.45) is 2.86. The van der Waals surface area contributed by atoms with E-state index < -0.39 is 0 Å². The molecule has 0 aliphatic carbocycles. The maximum absolute atomic E-state index is 5.99. The van der Waals surface area contributed by atoms with Crippen molar-refractivity contribution in [3.05, 3.63) is 28.8 Å². The van der Waals surface area contributed by atoms with Crippen LogP contribution in [0.1, 0.15) is 25.8 Å². The SMILES string of the molecule is CCOc1ccc(Cl)cc1CCC1OC1C. The summed E-state index contributed by atoms with van der Waals surface area (Å²) >= 11 is 5.99. The number of aryl methyl sites for hydroxylation is 1. The minimum absolute atomic E-state index is 0.424. The second-order valence-corrected chi connectivity index (χ2v) is 4.54. The van der Waals surface area contributed by atoms with Crippen molar-refractivity contribution in [1.29, 1.82) is 0 Å². The van der Waals surface area contributed by atoms with E-state index in [4.69, 9.17) is 21.1 Å². The van der Waals surface area contributed by atoms with Crippen LogP contribution < -0.4 is 4.74 Å². The van der Waals surface area contributed by atoms with Gasteiger partial charge in [-0.1, -0.05) is 11.6 Å². The van der Waals surface area contributed by atoms with E-state index in [1.54, 1.807) is 0 Å². The van der Waals surface area contributed by atoms with E-state index in [0.717, 1.165) is 23.6 Å². The fraction of sp³-hybridized carbons (Fsp3) is 0.538. The lowest BCUT2D eigenvalue weighted by molar-refractivity contribution is 0.334. The number of hydrogen-bond acceptors (Lipinski definition) is 2. The van der Waals surface area contributed by atoms with Gasteiger partial charge in [0.15, 0.2) is 0 Å². The van der Waals surface area contributed by atoms with E-state index in [9.17, 15) is 0 Å². The van der Waals surface area contributed by atoms with E-state index >= 15 is 0 Å². The fourth-order valence-corrected chi connectivity index (χ4v) is 2.07. The van der Waals surface area contributed by atoms with Crippen molar-refractivity contribution in [1.82, 2.24) is 0 Å². The zero-order chi connectivity index (χ0) is 11.5. The van der Waals surface area contributed by atoms with Gasteiger partial charge in [-0.2, -0.15) is 0 Å². The van der Waals surface area contributed by atoms with Crippen LogP contribution in [-0.4, -0.2) is 18.8 Å². The summed E-state index contributed by atoms with van der Waals surface area (Å²) in [5, 5.41) is 0.767. The first-order chi connectivity index (χ1) is 7.70. The summed E-state index contributed by atoms with van der Waals surface area (Å²) in [6, 6.07) is 5.80. The van der Waals surface area contributed by atoms with Gasteiger partial charge in [-0.25, -0.2) is 0 Å². The van der Waals surface area contributed by atoms with Crippen molar-refractivity contribution in [2.24, 2.45) is 0 Å². The van der Waals surface area contributed by atoms with Crippen LogP contribution in [-0.2, 0) is 11.2 Å². The van der Waals surface area contributed by atoms with E-state index in [-0.39, 0.29) is 0 Å². The molecule has 2 nitrogen and oxygen atoms in total. The summed E-state index contributed by atoms with van der Waals surface area (Å²) in [5.41, 5.74) is 1.18. The summed E-state index contributed by atoms with van der Waals surface area (Å²) in [5.74, 6) is 0.945. The highest BCUT2D eigenvalue weighted by Gasteiger charge is 2.33. The average molecular weight is 241 g/mol. The molecule has 1 aromatic rings. The summed E-state index contributed by atoms with van der Waals surface area (Å²) in [6.45, 7) is 4.78. The second kappa shape index (κ2) is 5.07. The first kappa shape index (κ1) is 11.7. The van der Waals surface area contributed by atoms with Crippen LogP contribution in [0.4, 0.5) is 0 Å². The summed E-state index contributed by atoms with van der Waals surface area (Å²) in [7, 11) is 0. The molecule has 1 fully saturated rings. The number of epoxide rings is 1. The van der Waals surface area contributed by atoms with Gasteiger partial charge in [0.1, 0.15) is 5.75 Å². The zero-order valence-electron chi connectivity index (χ0n) is 9.70. The Morgan fingerprint density at radius 3 is 2.81 bits per heavy atom. The predicted molar refractivity (Wildman–Crippen MR) is 65.3 cm³/mol. The molecule has 0 aromatic heterocycles. The Labute approximate surface area is 102 Å². The molecule has 16 heavy (non-hydrogen) atoms. The standard InChI is InChI=1S/C13H17ClO2/c1-3-15-13-7-5-11(14)8-10(13)4-6-12-9(2)16-12/h5,7-9,12H,3-4,6H2,1-2H3. The molecular formula is C13H17ClO2. The Kier molecular flexibility index (Phi) is 3.72. The molecule has 2 unspecified atom stereocenters. The van der Waals surface area contributed by atoms with Crippen LogP contribution in [0, 0.1) is 0 Å². The molecule has 1 saturated heterocycles. The predicted octanol–water partition coefficient (Wildman–Crippen LogP) is 3.46. The van der Waals surface area contributed by atoms with Crippen molar-refractivity contribution in [2.45, 2.75) is 38.9 Å². The third-order valence-corrected chi connectivity index (χ3v) is 3.09. The lowest BCUT2D eigenvalue weighted by atomic mass is 10.1. The minimum Gasteiger partial charge on any atom is -0.494 e. The van der Waals surface area contributed by atoms with Crippen molar-refractivity contribution < 1.29 is 9.47 Å². The largest absolute Gasteiger partial charge is 0.494 e. The first-order valence-corrected chi connectivity index (χ1v) is 6.15. The smallest absolute Gasteiger partial charge is 0.122 e. The third kappa shape index (κ3) is 2.89. The van der Waals surface area contributed by atoms with Crippen LogP contribution in [0.3, 0.4) is 0 Å². The van der Waals surface area contributed by atoms with Gasteiger partial charge >= 0.3 is 0 Å². The molecule has 2 atom stereocenters. The molecule has 0 spiro atoms. The number of rotatable bonds is 5. The topological polar surface area (TPSA) is 21.8 Å². The molecule has 0 radical (unpaired) electrons. The van der Waals surface area contributed by atoms with Gasteiger partial charge in [0.05, 0.1) is 18.8 Å². The molecule has 1 aliphatic heterocycles. The zero-order valence-corrected chi connectivity index (χ0v) is 10.5. The maximum atomic E-state index is 5.99. The monoisotopic (exact) mass is 240 g/mol. The molecule has 88 valence electrons. The van der Waals surface area contributed by atoms with Gasteiger partial charge in [-0.15, -0.1) is 0 Å². The maximum Gasteiger partial charge on any atom is 0.122 e. The Bertz CT molecular complexity index is 365. The van der Waals surface area contributed by atoms with Crippen molar-refractivity contribution in [2.75, 3.05) is 6.61 Å². The summed E-state index contributed by atoms with van der Waals surface area (Å²) in [4.78, 5) is 0. The molecule has 0 amide bonds. The Balaban J connectivity index is 2.01. The van der Waals surface area contributed by atoms with Crippen LogP contribution in [0.15, 0.2) is 18.2 Å². The fourth-order valence-electron chi connectivity index (χ4n) is 1.87. The Morgan fingerprint density at radius 1 is 1.44 bits per heavy atom. The van der Waals surface area contributed by atoms with Crippen LogP contribution in [0.5, 0.6) is 5.75 Å². The second-order valence-electron chi connectivity index (χ2n) is 4.10. The van der Waals surface area contributed by atoms with Gasteiger partial charge in [0.2, 0.25) is 0 Å². The van der Waals surface area contributed by atoms with E-state index in [1.165, 1.54) is 5.56 Å². The van der Waals surface area contributed by atoms with E-state index in [0.29, 0.717) is 18.8 Å². The van der Waals surface area contributed by atoms with Gasteiger partial charge in [0.25, 0.3) is 0 Å². The molecule has 1 aromatic carbocycles. The van der Waals surface area contributed by atoms with Crippen LogP contribution in [0.2, 0.25) is 5.02 Å². The molecular weight excluding hydrogens is 224 g/mol. The molecule has 3 heteroatoms. The molecule has 0 bridgehead atoms. The lowest BCUT2D eigenvalue weighted by Crippen LogP contribution is -1.99. The molecule has 2 rings (SSSR count). The first-order valence-electron chi connectivity index (χ1n) is 5.77. The molecule has 1 aliphatic rings. The van der Waals surface area contributed by atoms with Crippen LogP contribution in [0.25, 0.3) is 0 Å². The van der Waals surface area contributed by atoms with Crippen molar-refractivity contribution in [3.8, 4) is 5.75 Å². The normalized spacial score (nSPS) is 23.2. The number of hydrogen-bond donors (Lipinski definition) is 0. The van der Waals surface area contributed by atoms with Crippen molar-refractivity contribution in [3.63, 3.8) is 0 Å². The average Bonchev–Trinajstić information content (AvgIpc) is 2.95. The Morgan fingerprint density at radius 2 is 2.19 bits per heavy atom. The van der Waals surface area contributed by atoms with Gasteiger partial charge in [-0.05, 0) is 50.5 Å². The van der Waals surface area contributed by atoms with Gasteiger partial charge in [-0.3, -0.25) is 0 Å².